The summed E-state index contributed by atoms with van der Waals surface area (Å²) < 4.78 is 16.9. The summed E-state index contributed by atoms with van der Waals surface area (Å²) in [7, 11) is 1.60. The molecular weight excluding hydrogens is 396 g/mol. The van der Waals surface area contributed by atoms with E-state index in [4.69, 9.17) is 14.2 Å². The van der Waals surface area contributed by atoms with E-state index in [1.165, 1.54) is 0 Å². The molecule has 2 aliphatic rings. The summed E-state index contributed by atoms with van der Waals surface area (Å²) in [6.07, 6.45) is 3.69. The molecule has 2 amide bonds. The Morgan fingerprint density at radius 1 is 1.16 bits per heavy atom. The van der Waals surface area contributed by atoms with Crippen molar-refractivity contribution in [2.75, 3.05) is 31.8 Å². The summed E-state index contributed by atoms with van der Waals surface area (Å²) in [5.74, 6) is 1.26. The van der Waals surface area contributed by atoms with Crippen LogP contribution in [0.2, 0.25) is 0 Å². The number of ether oxygens (including phenoxy) is 3. The molecule has 1 N–H and O–H groups in total. The number of methoxy groups -OCH3 is 1. The molecule has 1 unspecified atom stereocenters. The van der Waals surface area contributed by atoms with Gasteiger partial charge < -0.3 is 24.4 Å². The summed E-state index contributed by atoms with van der Waals surface area (Å²) >= 11 is 0. The molecule has 0 aromatic heterocycles. The number of hydrogen-bond donors (Lipinski definition) is 1. The van der Waals surface area contributed by atoms with Gasteiger partial charge in [-0.05, 0) is 61.2 Å². The molecule has 31 heavy (non-hydrogen) atoms. The van der Waals surface area contributed by atoms with E-state index in [9.17, 15) is 9.59 Å². The maximum atomic E-state index is 12.5. The molecular formula is C24H28N2O5. The van der Waals surface area contributed by atoms with Crippen LogP contribution in [0.3, 0.4) is 0 Å². The van der Waals surface area contributed by atoms with Gasteiger partial charge in [0.25, 0.3) is 5.91 Å². The van der Waals surface area contributed by atoms with Crippen LogP contribution < -0.4 is 19.7 Å². The highest BCUT2D eigenvalue weighted by atomic mass is 16.5. The van der Waals surface area contributed by atoms with E-state index in [-0.39, 0.29) is 17.9 Å². The minimum Gasteiger partial charge on any atom is -0.493 e. The third-order valence-corrected chi connectivity index (χ3v) is 5.64. The maximum Gasteiger partial charge on any atom is 0.251 e. The molecule has 0 spiro atoms. The Hall–Kier alpha value is -3.06. The summed E-state index contributed by atoms with van der Waals surface area (Å²) in [5, 5.41) is 2.92. The second kappa shape index (κ2) is 9.83. The van der Waals surface area contributed by atoms with Gasteiger partial charge in [-0.3, -0.25) is 9.59 Å². The van der Waals surface area contributed by atoms with Gasteiger partial charge in [0, 0.05) is 37.4 Å². The summed E-state index contributed by atoms with van der Waals surface area (Å²) in [4.78, 5) is 26.1. The van der Waals surface area contributed by atoms with Gasteiger partial charge in [0.2, 0.25) is 5.91 Å². The van der Waals surface area contributed by atoms with Gasteiger partial charge in [0.05, 0.1) is 13.2 Å². The molecule has 0 saturated carbocycles. The van der Waals surface area contributed by atoms with Crippen molar-refractivity contribution in [3.63, 3.8) is 0 Å². The average molecular weight is 424 g/mol. The molecule has 1 atom stereocenters. The first-order valence-electron chi connectivity index (χ1n) is 10.7. The number of nitrogens with one attached hydrogen (secondary N) is 1. The fourth-order valence-corrected chi connectivity index (χ4v) is 3.90. The van der Waals surface area contributed by atoms with Crippen LogP contribution in [0.5, 0.6) is 11.5 Å². The van der Waals surface area contributed by atoms with Crippen molar-refractivity contribution >= 4 is 17.5 Å². The molecule has 0 radical (unpaired) electrons. The smallest absolute Gasteiger partial charge is 0.251 e. The van der Waals surface area contributed by atoms with Gasteiger partial charge >= 0.3 is 0 Å². The topological polar surface area (TPSA) is 77.1 Å². The van der Waals surface area contributed by atoms with Gasteiger partial charge in [-0.2, -0.15) is 0 Å². The quantitative estimate of drug-likeness (QED) is 0.704. The van der Waals surface area contributed by atoms with Crippen LogP contribution >= 0.6 is 0 Å². The molecule has 0 bridgehead atoms. The Morgan fingerprint density at radius 3 is 2.68 bits per heavy atom. The minimum atomic E-state index is -0.169. The molecule has 7 nitrogen and oxygen atoms in total. The Bertz CT molecular complexity index is 922. The van der Waals surface area contributed by atoms with Crippen molar-refractivity contribution in [1.82, 2.24) is 5.32 Å². The Morgan fingerprint density at radius 2 is 2.00 bits per heavy atom. The molecule has 0 aliphatic carbocycles. The van der Waals surface area contributed by atoms with Crippen molar-refractivity contribution in [3.05, 3.63) is 53.6 Å². The molecule has 4 rings (SSSR count). The first kappa shape index (κ1) is 21.2. The van der Waals surface area contributed by atoms with Crippen molar-refractivity contribution in [1.29, 1.82) is 0 Å². The van der Waals surface area contributed by atoms with Gasteiger partial charge in [0.15, 0.2) is 11.5 Å². The Kier molecular flexibility index (Phi) is 6.72. The minimum absolute atomic E-state index is 0.134. The predicted octanol–water partition coefficient (Wildman–Crippen LogP) is 3.31. The lowest BCUT2D eigenvalue weighted by atomic mass is 10.1. The fourth-order valence-electron chi connectivity index (χ4n) is 3.90. The van der Waals surface area contributed by atoms with Crippen molar-refractivity contribution in [3.8, 4) is 11.5 Å². The third kappa shape index (κ3) is 5.17. The van der Waals surface area contributed by atoms with Crippen LogP contribution in [-0.2, 0) is 16.1 Å². The second-order valence-electron chi connectivity index (χ2n) is 7.81. The maximum absolute atomic E-state index is 12.5. The molecule has 2 heterocycles. The van der Waals surface area contributed by atoms with E-state index >= 15 is 0 Å². The van der Waals surface area contributed by atoms with Crippen molar-refractivity contribution in [2.24, 2.45) is 0 Å². The van der Waals surface area contributed by atoms with Crippen molar-refractivity contribution in [2.45, 2.75) is 38.3 Å². The zero-order valence-corrected chi connectivity index (χ0v) is 17.8. The number of benzene rings is 2. The van der Waals surface area contributed by atoms with Crippen LogP contribution in [0.25, 0.3) is 0 Å². The molecule has 2 aromatic carbocycles. The highest BCUT2D eigenvalue weighted by Gasteiger charge is 2.22. The fraction of sp³-hybridized carbons (Fsp3) is 0.417. The van der Waals surface area contributed by atoms with Crippen molar-refractivity contribution < 1.29 is 23.8 Å². The average Bonchev–Trinajstić information content (AvgIpc) is 3.48. The highest BCUT2D eigenvalue weighted by molar-refractivity contribution is 5.97. The molecule has 2 aromatic rings. The third-order valence-electron chi connectivity index (χ3n) is 5.64. The monoisotopic (exact) mass is 424 g/mol. The van der Waals surface area contributed by atoms with Crippen LogP contribution in [0.1, 0.15) is 41.6 Å². The molecule has 164 valence electrons. The van der Waals surface area contributed by atoms with E-state index in [0.29, 0.717) is 36.6 Å². The van der Waals surface area contributed by atoms with Crippen LogP contribution in [-0.4, -0.2) is 44.8 Å². The SMILES string of the molecule is COc1cc(CNC(=O)c2ccc(N3CCCC3=O)cc2)ccc1OCC1CCCO1. The standard InChI is InChI=1S/C24H28N2O5/c1-29-22-14-17(6-11-21(22)31-16-20-4-3-13-30-20)15-25-24(28)18-7-9-19(10-8-18)26-12-2-5-23(26)27/h6-11,14,20H,2-5,12-13,15-16H2,1H3,(H,25,28). The van der Waals surface area contributed by atoms with E-state index in [1.54, 1.807) is 24.1 Å². The van der Waals surface area contributed by atoms with E-state index < -0.39 is 0 Å². The molecule has 2 fully saturated rings. The Labute approximate surface area is 182 Å². The predicted molar refractivity (Wildman–Crippen MR) is 117 cm³/mol. The summed E-state index contributed by atoms with van der Waals surface area (Å²) in [6, 6.07) is 12.8. The number of nitrogens with zero attached hydrogens (tertiary/aromatic N) is 1. The Balaban J connectivity index is 1.32. The molecule has 7 heteroatoms. The van der Waals surface area contributed by atoms with E-state index in [0.717, 1.165) is 43.7 Å². The lowest BCUT2D eigenvalue weighted by Gasteiger charge is -2.16. The highest BCUT2D eigenvalue weighted by Crippen LogP contribution is 2.29. The number of anilines is 1. The lowest BCUT2D eigenvalue weighted by Crippen LogP contribution is -2.25. The van der Waals surface area contributed by atoms with E-state index in [1.807, 2.05) is 30.3 Å². The summed E-state index contributed by atoms with van der Waals surface area (Å²) in [6.45, 7) is 2.40. The number of amides is 2. The van der Waals surface area contributed by atoms with Gasteiger partial charge in [0.1, 0.15) is 6.61 Å². The second-order valence-corrected chi connectivity index (χ2v) is 7.81. The van der Waals surface area contributed by atoms with Gasteiger partial charge in [-0.25, -0.2) is 0 Å². The lowest BCUT2D eigenvalue weighted by molar-refractivity contribution is -0.117. The first-order valence-corrected chi connectivity index (χ1v) is 10.7. The molecule has 2 aliphatic heterocycles. The number of rotatable bonds is 8. The van der Waals surface area contributed by atoms with Gasteiger partial charge in [-0.15, -0.1) is 0 Å². The zero-order chi connectivity index (χ0) is 21.6. The zero-order valence-electron chi connectivity index (χ0n) is 17.8. The number of carbonyl (C=O) groups is 2. The molecule has 2 saturated heterocycles. The van der Waals surface area contributed by atoms with Crippen LogP contribution in [0, 0.1) is 0 Å². The summed E-state index contributed by atoms with van der Waals surface area (Å²) in [5.41, 5.74) is 2.30. The van der Waals surface area contributed by atoms with Gasteiger partial charge in [-0.1, -0.05) is 6.07 Å². The van der Waals surface area contributed by atoms with E-state index in [2.05, 4.69) is 5.32 Å². The van der Waals surface area contributed by atoms with Crippen LogP contribution in [0.15, 0.2) is 42.5 Å². The largest absolute Gasteiger partial charge is 0.493 e. The normalized spacial score (nSPS) is 18.3. The number of hydrogen-bond acceptors (Lipinski definition) is 5. The number of carbonyl (C=O) groups excluding carboxylic acids is 2. The first-order chi connectivity index (χ1) is 15.1. The van der Waals surface area contributed by atoms with Crippen LogP contribution in [0.4, 0.5) is 5.69 Å².